The zero-order valence-corrected chi connectivity index (χ0v) is 65.2. The first-order valence-corrected chi connectivity index (χ1v) is 40.5. The fourth-order valence-corrected chi connectivity index (χ4v) is 20.4. The Morgan fingerprint density at radius 3 is 0.555 bits per heavy atom. The fraction of sp³-hybridized carbons (Fsp3) is 0.0309. The average molecular weight is 1670 g/mol. The molecule has 0 saturated carbocycles. The molecule has 14 aromatic carbocycles. The summed E-state index contributed by atoms with van der Waals surface area (Å²) in [7, 11) is -3.13. The maximum atomic E-state index is 10.4. The molecule has 0 spiro atoms. The number of rotatable bonds is 16. The van der Waals surface area contributed by atoms with E-state index in [1.807, 2.05) is 36.4 Å². The molecule has 16 aromatic rings. The van der Waals surface area contributed by atoms with Crippen LogP contribution in [-0.2, 0) is 20.4 Å². The Morgan fingerprint density at radius 2 is 0.409 bits per heavy atom. The van der Waals surface area contributed by atoms with E-state index in [1.165, 1.54) is 63.7 Å². The molecule has 0 fully saturated rings. The van der Waals surface area contributed by atoms with Gasteiger partial charge in [-0.3, -0.25) is 9.59 Å². The van der Waals surface area contributed by atoms with Gasteiger partial charge in [0.2, 0.25) is 0 Å². The van der Waals surface area contributed by atoms with E-state index in [4.69, 9.17) is 18.9 Å². The minimum atomic E-state index is -1.34. The van der Waals surface area contributed by atoms with Gasteiger partial charge in [-0.15, -0.1) is 0 Å². The molecular weight excluding hydrogens is 1580 g/mol. The molecule has 0 atom stereocenters. The van der Waals surface area contributed by atoms with E-state index in [-0.39, 0.29) is 42.7 Å². The molecule has 13 heteroatoms. The molecule has 0 aliphatic heterocycles. The second kappa shape index (κ2) is 50.5. The Morgan fingerprint density at radius 1 is 0.236 bits per heavy atom. The van der Waals surface area contributed by atoms with Gasteiger partial charge in [0.15, 0.2) is 28.8 Å². The number of hydrogen-bond acceptors (Lipinski definition) is 6. The van der Waals surface area contributed by atoms with Crippen molar-refractivity contribution in [1.29, 1.82) is 0 Å². The van der Waals surface area contributed by atoms with Crippen LogP contribution in [0.3, 0.4) is 0 Å². The van der Waals surface area contributed by atoms with Crippen LogP contribution in [0.5, 0.6) is 0 Å². The van der Waals surface area contributed by atoms with Crippen LogP contribution in [0.15, 0.2) is 462 Å². The first kappa shape index (κ1) is 88.7. The Balaban J connectivity index is 0.000000203. The third-order valence-electron chi connectivity index (χ3n) is 15.8. The van der Waals surface area contributed by atoms with Crippen molar-refractivity contribution < 1.29 is 48.9 Å². The predicted octanol–water partition coefficient (Wildman–Crippen LogP) is 19.7. The van der Waals surface area contributed by atoms with E-state index in [0.29, 0.717) is 34.2 Å². The van der Waals surface area contributed by atoms with Gasteiger partial charge < -0.3 is 18.9 Å². The first-order chi connectivity index (χ1) is 52.3. The molecule has 0 unspecified atom stereocenters. The molecule has 110 heavy (non-hydrogen) atoms. The number of carbonyl (C=O) groups excluding carboxylic acids is 2. The van der Waals surface area contributed by atoms with Gasteiger partial charge in [-0.25, -0.2) is 0 Å². The van der Waals surface area contributed by atoms with Gasteiger partial charge in [0.1, 0.15) is 5.76 Å². The maximum Gasteiger partial charge on any atom is 0.488 e. The average Bonchev–Trinajstić information content (AvgIpc) is 0.851. The van der Waals surface area contributed by atoms with Crippen LogP contribution in [0.25, 0.3) is 11.3 Å². The summed E-state index contributed by atoms with van der Waals surface area (Å²) in [5, 5.41) is 33.9. The molecule has 6 nitrogen and oxygen atoms in total. The van der Waals surface area contributed by atoms with Crippen molar-refractivity contribution in [2.75, 3.05) is 0 Å². The van der Waals surface area contributed by atoms with Gasteiger partial charge in [0.05, 0.1) is 0 Å². The van der Waals surface area contributed by atoms with E-state index in [2.05, 4.69) is 380 Å². The van der Waals surface area contributed by atoms with Crippen LogP contribution in [0.1, 0.15) is 43.4 Å². The summed E-state index contributed by atoms with van der Waals surface area (Å²) >= 11 is 3.05. The molecule has 0 aliphatic carbocycles. The second-order valence-corrected chi connectivity index (χ2v) is 32.8. The Kier molecular flexibility index (Phi) is 40.7. The molecule has 2 N–H and O–H groups in total. The molecule has 16 rings (SSSR count). The van der Waals surface area contributed by atoms with Crippen LogP contribution in [0, 0.1) is 0 Å². The topological polar surface area (TPSA) is 101 Å². The zero-order chi connectivity index (χ0) is 73.4. The van der Waals surface area contributed by atoms with Crippen molar-refractivity contribution in [3.63, 3.8) is 0 Å². The number of benzene rings is 14. The predicted molar refractivity (Wildman–Crippen MR) is 478 cm³/mol. The normalized spacial score (nSPS) is 9.88. The summed E-state index contributed by atoms with van der Waals surface area (Å²) in [5.41, 5.74) is 1.51. The van der Waals surface area contributed by atoms with Crippen LogP contribution in [-0.4, -0.2) is 29.7 Å². The molecule has 0 aliphatic rings. The van der Waals surface area contributed by atoms with E-state index < -0.39 is 38.8 Å². The van der Waals surface area contributed by atoms with E-state index in [1.54, 1.807) is 48.5 Å². The minimum Gasteiger partial charge on any atom is -0.453 e. The van der Waals surface area contributed by atoms with Crippen molar-refractivity contribution >= 4 is 136 Å². The molecule has 0 bridgehead atoms. The van der Waals surface area contributed by atoms with Crippen molar-refractivity contribution in [3.05, 3.63) is 465 Å². The minimum absolute atomic E-state index is 0. The molecule has 0 amide bonds. The number of hydrogen-bond donors (Lipinski definition) is 2. The quantitative estimate of drug-likeness (QED) is 0.0568. The first-order valence-electron chi connectivity index (χ1n) is 34.4. The number of halogens is 1. The number of aldehydes is 2. The molecule has 2 aromatic heterocycles. The molecule has 0 radical (unpaired) electrons. The fourth-order valence-electron chi connectivity index (χ4n) is 10.9. The second-order valence-electron chi connectivity index (χ2n) is 23.1. The Bertz CT molecular complexity index is 4160. The SMILES string of the molecule is C.C.C.O=Cc1ccc(-c2ccccc2)o1.O=Cc1ccc(Br)o1.OB(O)c1ccccc1.[Pd].c1ccc(P(c2ccccc2)c2ccccc2)cc1.c1ccc(P(c2ccccc2)c2ccccc2)cc1.c1ccc(P(c2ccccc2)c2ccccc2)cc1.c1ccc(P(c2ccccc2)c2ccccc2)cc1. The monoisotopic (exact) mass is 1670 g/mol. The summed E-state index contributed by atoms with van der Waals surface area (Å²) in [6.07, 6.45) is 1.36. The number of furan rings is 2. The van der Waals surface area contributed by atoms with E-state index in [9.17, 15) is 9.59 Å². The Labute approximate surface area is 678 Å². The van der Waals surface area contributed by atoms with Gasteiger partial charge in [-0.1, -0.05) is 447 Å². The molecule has 0 saturated heterocycles. The summed E-state index contributed by atoms with van der Waals surface area (Å²) in [5.74, 6) is 1.43. The van der Waals surface area contributed by atoms with Gasteiger partial charge in [-0.05, 0) is 141 Å². The van der Waals surface area contributed by atoms with Crippen LogP contribution in [0.4, 0.5) is 0 Å². The van der Waals surface area contributed by atoms with Gasteiger partial charge in [-0.2, -0.15) is 0 Å². The Hall–Kier alpha value is -10.2. The summed E-state index contributed by atoms with van der Waals surface area (Å²) in [6.45, 7) is 0. The molecular formula is C97H90BBrO6P4Pd. The van der Waals surface area contributed by atoms with Gasteiger partial charge in [0.25, 0.3) is 0 Å². The van der Waals surface area contributed by atoms with Gasteiger partial charge >= 0.3 is 7.12 Å². The van der Waals surface area contributed by atoms with Crippen molar-refractivity contribution in [2.45, 2.75) is 22.3 Å². The zero-order valence-electron chi connectivity index (χ0n) is 58.5. The van der Waals surface area contributed by atoms with Gasteiger partial charge in [0, 0.05) is 26.0 Å². The summed E-state index contributed by atoms with van der Waals surface area (Å²) in [6, 6.07) is 154. The van der Waals surface area contributed by atoms with Crippen molar-refractivity contribution in [3.8, 4) is 11.3 Å². The largest absolute Gasteiger partial charge is 0.488 e. The number of carbonyl (C=O) groups is 2. The van der Waals surface area contributed by atoms with Crippen molar-refractivity contribution in [1.82, 2.24) is 0 Å². The smallest absolute Gasteiger partial charge is 0.453 e. The third kappa shape index (κ3) is 28.4. The van der Waals surface area contributed by atoms with Crippen LogP contribution in [0.2, 0.25) is 0 Å². The van der Waals surface area contributed by atoms with E-state index >= 15 is 0 Å². The van der Waals surface area contributed by atoms with Crippen LogP contribution >= 0.6 is 47.6 Å². The maximum absolute atomic E-state index is 10.4. The van der Waals surface area contributed by atoms with Crippen molar-refractivity contribution in [2.24, 2.45) is 0 Å². The molecule has 2 heterocycles. The van der Waals surface area contributed by atoms with Crippen LogP contribution < -0.4 is 69.1 Å². The summed E-state index contributed by atoms with van der Waals surface area (Å²) in [4.78, 5) is 20.3. The standard InChI is InChI=1S/4C18H15P.C11H8O2.C6H7BO2.C5H3BrO2.3CH4.Pd/c4*1-4-10-16(11-5-1)19(17-12-6-2-7-13-17)18-14-8-3-9-15-18;12-8-10-6-7-11(13-10)9-4-2-1-3-5-9;8-7(9)6-4-2-1-3-5-6;6-5-2-1-4(3-7)8-5;;;;/h4*1-15H;1-8H;1-5,8-9H;1-3H;3*1H4;. The van der Waals surface area contributed by atoms with E-state index in [0.717, 1.165) is 11.3 Å². The summed E-state index contributed by atoms with van der Waals surface area (Å²) < 4.78 is 10.6. The third-order valence-corrected chi connectivity index (χ3v) is 26.0. The molecule has 554 valence electrons.